The third-order valence-electron chi connectivity index (χ3n) is 1.88. The zero-order valence-corrected chi connectivity index (χ0v) is 8.20. The molecule has 3 heteroatoms. The fourth-order valence-corrected chi connectivity index (χ4v) is 1.09. The molecule has 0 aliphatic carbocycles. The van der Waals surface area contributed by atoms with Crippen molar-refractivity contribution in [3.63, 3.8) is 0 Å². The molecule has 1 N–H and O–H groups in total. The smallest absolute Gasteiger partial charge is 0.128 e. The van der Waals surface area contributed by atoms with Gasteiger partial charge in [0.05, 0.1) is 0 Å². The fourth-order valence-electron chi connectivity index (χ4n) is 1.09. The third kappa shape index (κ3) is 3.11. The van der Waals surface area contributed by atoms with E-state index in [0.717, 1.165) is 24.4 Å². The molecule has 1 rings (SSSR count). The first-order valence-corrected chi connectivity index (χ1v) is 4.66. The van der Waals surface area contributed by atoms with E-state index < -0.39 is 0 Å². The Morgan fingerprint density at radius 1 is 1.46 bits per heavy atom. The van der Waals surface area contributed by atoms with Gasteiger partial charge in [0.15, 0.2) is 0 Å². The predicted molar refractivity (Wildman–Crippen MR) is 51.5 cm³/mol. The van der Waals surface area contributed by atoms with Crippen LogP contribution in [-0.2, 0) is 6.42 Å². The molecule has 0 aliphatic rings. The van der Waals surface area contributed by atoms with Gasteiger partial charge in [-0.15, -0.1) is 0 Å². The van der Waals surface area contributed by atoms with Crippen LogP contribution in [0.3, 0.4) is 0 Å². The van der Waals surface area contributed by atoms with Crippen molar-refractivity contribution in [1.82, 2.24) is 9.97 Å². The Balaban J connectivity index is 2.68. The molecule has 13 heavy (non-hydrogen) atoms. The molecule has 0 bridgehead atoms. The van der Waals surface area contributed by atoms with Crippen LogP contribution in [0.4, 0.5) is 0 Å². The van der Waals surface area contributed by atoms with Gasteiger partial charge >= 0.3 is 0 Å². The van der Waals surface area contributed by atoms with Crippen LogP contribution in [0.2, 0.25) is 0 Å². The maximum absolute atomic E-state index is 8.65. The van der Waals surface area contributed by atoms with Gasteiger partial charge in [-0.1, -0.05) is 13.8 Å². The summed E-state index contributed by atoms with van der Waals surface area (Å²) in [6.07, 6.45) is 3.29. The molecule has 0 amide bonds. The van der Waals surface area contributed by atoms with Gasteiger partial charge in [0.1, 0.15) is 5.82 Å². The number of aryl methyl sites for hydroxylation is 1. The SMILES string of the molecule is CC(C)c1ccnc(CCCO)n1. The van der Waals surface area contributed by atoms with Crippen LogP contribution in [0, 0.1) is 0 Å². The predicted octanol–water partition coefficient (Wildman–Crippen LogP) is 1.52. The molecule has 0 unspecified atom stereocenters. The van der Waals surface area contributed by atoms with E-state index in [9.17, 15) is 0 Å². The lowest BCUT2D eigenvalue weighted by Crippen LogP contribution is -2.01. The minimum Gasteiger partial charge on any atom is -0.396 e. The second kappa shape index (κ2) is 4.92. The van der Waals surface area contributed by atoms with E-state index in [1.54, 1.807) is 6.20 Å². The number of rotatable bonds is 4. The number of aliphatic hydroxyl groups is 1. The molecule has 1 aromatic rings. The summed E-state index contributed by atoms with van der Waals surface area (Å²) < 4.78 is 0. The number of aromatic nitrogens is 2. The molecule has 0 spiro atoms. The van der Waals surface area contributed by atoms with Crippen LogP contribution >= 0.6 is 0 Å². The standard InChI is InChI=1S/C10H16N2O/c1-8(2)9-5-6-11-10(12-9)4-3-7-13/h5-6,8,13H,3-4,7H2,1-2H3. The molecule has 0 saturated carbocycles. The van der Waals surface area contributed by atoms with E-state index in [4.69, 9.17) is 5.11 Å². The van der Waals surface area contributed by atoms with Gasteiger partial charge in [-0.2, -0.15) is 0 Å². The summed E-state index contributed by atoms with van der Waals surface area (Å²) in [5, 5.41) is 8.65. The monoisotopic (exact) mass is 180 g/mol. The second-order valence-electron chi connectivity index (χ2n) is 3.38. The molecule has 0 fully saturated rings. The molecule has 72 valence electrons. The number of hydrogen-bond acceptors (Lipinski definition) is 3. The number of nitrogens with zero attached hydrogens (tertiary/aromatic N) is 2. The highest BCUT2D eigenvalue weighted by Gasteiger charge is 2.02. The Labute approximate surface area is 78.9 Å². The van der Waals surface area contributed by atoms with Gasteiger partial charge < -0.3 is 5.11 Å². The first-order valence-electron chi connectivity index (χ1n) is 4.66. The topological polar surface area (TPSA) is 46.0 Å². The Bertz CT molecular complexity index is 261. The Morgan fingerprint density at radius 3 is 2.85 bits per heavy atom. The van der Waals surface area contributed by atoms with Gasteiger partial charge in [-0.25, -0.2) is 9.97 Å². The van der Waals surface area contributed by atoms with Crippen molar-refractivity contribution >= 4 is 0 Å². The van der Waals surface area contributed by atoms with Gasteiger partial charge in [0, 0.05) is 24.9 Å². The highest BCUT2D eigenvalue weighted by molar-refractivity contribution is 5.06. The van der Waals surface area contributed by atoms with Crippen molar-refractivity contribution in [2.75, 3.05) is 6.61 Å². The lowest BCUT2D eigenvalue weighted by Gasteiger charge is -2.05. The Hall–Kier alpha value is -0.960. The molecule has 1 heterocycles. The van der Waals surface area contributed by atoms with Crippen molar-refractivity contribution in [3.8, 4) is 0 Å². The zero-order valence-electron chi connectivity index (χ0n) is 8.20. The van der Waals surface area contributed by atoms with Gasteiger partial charge in [0.25, 0.3) is 0 Å². The highest BCUT2D eigenvalue weighted by atomic mass is 16.2. The van der Waals surface area contributed by atoms with Crippen molar-refractivity contribution in [1.29, 1.82) is 0 Å². The minimum absolute atomic E-state index is 0.204. The van der Waals surface area contributed by atoms with E-state index in [1.165, 1.54) is 0 Å². The Morgan fingerprint density at radius 2 is 2.23 bits per heavy atom. The average Bonchev–Trinajstić information content (AvgIpc) is 2.15. The molecular formula is C10H16N2O. The maximum atomic E-state index is 8.65. The molecule has 0 radical (unpaired) electrons. The van der Waals surface area contributed by atoms with Crippen molar-refractivity contribution < 1.29 is 5.11 Å². The summed E-state index contributed by atoms with van der Waals surface area (Å²) in [5.74, 6) is 1.27. The number of hydrogen-bond donors (Lipinski definition) is 1. The molecule has 1 aromatic heterocycles. The maximum Gasteiger partial charge on any atom is 0.128 e. The fraction of sp³-hybridized carbons (Fsp3) is 0.600. The van der Waals surface area contributed by atoms with Gasteiger partial charge in [-0.3, -0.25) is 0 Å². The minimum atomic E-state index is 0.204. The largest absolute Gasteiger partial charge is 0.396 e. The molecule has 3 nitrogen and oxygen atoms in total. The van der Waals surface area contributed by atoms with Crippen LogP contribution in [0.1, 0.15) is 37.7 Å². The molecule has 0 atom stereocenters. The lowest BCUT2D eigenvalue weighted by atomic mass is 10.1. The molecule has 0 aliphatic heterocycles. The van der Waals surface area contributed by atoms with E-state index >= 15 is 0 Å². The Kier molecular flexibility index (Phi) is 3.83. The first-order chi connectivity index (χ1) is 6.24. The molecule has 0 saturated heterocycles. The zero-order chi connectivity index (χ0) is 9.68. The summed E-state index contributed by atoms with van der Waals surface area (Å²) in [5.41, 5.74) is 1.07. The lowest BCUT2D eigenvalue weighted by molar-refractivity contribution is 0.287. The van der Waals surface area contributed by atoms with Crippen LogP contribution in [-0.4, -0.2) is 21.7 Å². The molecular weight excluding hydrogens is 164 g/mol. The van der Waals surface area contributed by atoms with Gasteiger partial charge in [-0.05, 0) is 18.4 Å². The quantitative estimate of drug-likeness (QED) is 0.764. The summed E-state index contributed by atoms with van der Waals surface area (Å²) in [6, 6.07) is 1.94. The van der Waals surface area contributed by atoms with Crippen LogP contribution in [0.15, 0.2) is 12.3 Å². The van der Waals surface area contributed by atoms with E-state index in [0.29, 0.717) is 5.92 Å². The summed E-state index contributed by atoms with van der Waals surface area (Å²) in [6.45, 7) is 4.42. The second-order valence-corrected chi connectivity index (χ2v) is 3.38. The third-order valence-corrected chi connectivity index (χ3v) is 1.88. The molecule has 0 aromatic carbocycles. The van der Waals surface area contributed by atoms with Crippen molar-refractivity contribution in [3.05, 3.63) is 23.8 Å². The normalized spacial score (nSPS) is 10.8. The van der Waals surface area contributed by atoms with Crippen LogP contribution < -0.4 is 0 Å². The highest BCUT2D eigenvalue weighted by Crippen LogP contribution is 2.10. The summed E-state index contributed by atoms with van der Waals surface area (Å²) in [4.78, 5) is 8.52. The summed E-state index contributed by atoms with van der Waals surface area (Å²) in [7, 11) is 0. The van der Waals surface area contributed by atoms with Crippen molar-refractivity contribution in [2.45, 2.75) is 32.6 Å². The summed E-state index contributed by atoms with van der Waals surface area (Å²) >= 11 is 0. The average molecular weight is 180 g/mol. The van der Waals surface area contributed by atoms with Gasteiger partial charge in [0.2, 0.25) is 0 Å². The van der Waals surface area contributed by atoms with E-state index in [-0.39, 0.29) is 6.61 Å². The van der Waals surface area contributed by atoms with Crippen molar-refractivity contribution in [2.24, 2.45) is 0 Å². The first kappa shape index (κ1) is 10.1. The van der Waals surface area contributed by atoms with E-state index in [1.807, 2.05) is 6.07 Å². The number of aliphatic hydroxyl groups excluding tert-OH is 1. The van der Waals surface area contributed by atoms with E-state index in [2.05, 4.69) is 23.8 Å². The van der Waals surface area contributed by atoms with Crippen LogP contribution in [0.25, 0.3) is 0 Å². The van der Waals surface area contributed by atoms with Crippen LogP contribution in [0.5, 0.6) is 0 Å².